The number of rotatable bonds is 3. The van der Waals surface area contributed by atoms with Crippen LogP contribution in [-0.2, 0) is 0 Å². The number of hydrogen-bond acceptors (Lipinski definition) is 3. The van der Waals surface area contributed by atoms with Crippen LogP contribution in [0.25, 0.3) is 0 Å². The number of benzene rings is 1. The van der Waals surface area contributed by atoms with Crippen LogP contribution in [0.15, 0.2) is 12.1 Å². The molecule has 0 amide bonds. The van der Waals surface area contributed by atoms with Crippen molar-refractivity contribution in [1.29, 1.82) is 0 Å². The van der Waals surface area contributed by atoms with Crippen LogP contribution in [0.5, 0.6) is 11.5 Å². The van der Waals surface area contributed by atoms with E-state index in [-0.39, 0.29) is 5.75 Å². The molecule has 5 heteroatoms. The number of hydrogen-bond donors (Lipinski definition) is 2. The Bertz CT molecular complexity index is 362. The molecule has 0 saturated heterocycles. The van der Waals surface area contributed by atoms with Crippen LogP contribution >= 0.6 is 0 Å². The summed E-state index contributed by atoms with van der Waals surface area (Å²) in [4.78, 5) is 10.5. The van der Waals surface area contributed by atoms with Gasteiger partial charge in [0.05, 0.1) is 6.61 Å². The van der Waals surface area contributed by atoms with Gasteiger partial charge < -0.3 is 14.9 Å². The van der Waals surface area contributed by atoms with E-state index >= 15 is 0 Å². The fraction of sp³-hybridized carbons (Fsp3) is 0.222. The van der Waals surface area contributed by atoms with E-state index in [1.54, 1.807) is 6.92 Å². The van der Waals surface area contributed by atoms with E-state index in [1.807, 2.05) is 0 Å². The molecular weight excluding hydrogens is 191 g/mol. The maximum atomic E-state index is 13.0. The summed E-state index contributed by atoms with van der Waals surface area (Å²) in [6.45, 7) is 2.00. The van der Waals surface area contributed by atoms with Crippen molar-refractivity contribution < 1.29 is 24.1 Å². The predicted octanol–water partition coefficient (Wildman–Crippen LogP) is 1.63. The van der Waals surface area contributed by atoms with E-state index < -0.39 is 23.1 Å². The van der Waals surface area contributed by atoms with E-state index in [9.17, 15) is 9.18 Å². The molecule has 4 nitrogen and oxygen atoms in total. The molecule has 0 spiro atoms. The molecule has 0 bridgehead atoms. The summed E-state index contributed by atoms with van der Waals surface area (Å²) >= 11 is 0. The first kappa shape index (κ1) is 10.3. The molecule has 0 atom stereocenters. The molecule has 0 aliphatic carbocycles. The Kier molecular flexibility index (Phi) is 2.91. The Balaban J connectivity index is 3.21. The average molecular weight is 200 g/mol. The van der Waals surface area contributed by atoms with Crippen molar-refractivity contribution >= 4 is 5.97 Å². The highest BCUT2D eigenvalue weighted by atomic mass is 19.1. The van der Waals surface area contributed by atoms with Crippen LogP contribution in [0.2, 0.25) is 0 Å². The highest BCUT2D eigenvalue weighted by molar-refractivity contribution is 5.89. The van der Waals surface area contributed by atoms with E-state index in [0.717, 1.165) is 12.1 Å². The van der Waals surface area contributed by atoms with Crippen molar-refractivity contribution in [3.63, 3.8) is 0 Å². The van der Waals surface area contributed by atoms with Crippen LogP contribution < -0.4 is 4.74 Å². The second-order valence-electron chi connectivity index (χ2n) is 2.54. The summed E-state index contributed by atoms with van der Waals surface area (Å²) in [6.07, 6.45) is 0. The zero-order valence-electron chi connectivity index (χ0n) is 7.45. The van der Waals surface area contributed by atoms with Crippen LogP contribution in [0.3, 0.4) is 0 Å². The normalized spacial score (nSPS) is 9.86. The molecule has 1 rings (SSSR count). The molecular formula is C9H9FO4. The summed E-state index contributed by atoms with van der Waals surface area (Å²) in [5, 5.41) is 17.6. The van der Waals surface area contributed by atoms with Gasteiger partial charge in [0, 0.05) is 6.07 Å². The summed E-state index contributed by atoms with van der Waals surface area (Å²) in [5.41, 5.74) is -0.603. The number of halogens is 1. The highest BCUT2D eigenvalue weighted by Crippen LogP contribution is 2.26. The molecule has 0 saturated carbocycles. The van der Waals surface area contributed by atoms with E-state index in [1.165, 1.54) is 0 Å². The Hall–Kier alpha value is -1.78. The number of carboxylic acids is 1. The molecule has 0 heterocycles. The van der Waals surface area contributed by atoms with Crippen LogP contribution in [-0.4, -0.2) is 22.8 Å². The lowest BCUT2D eigenvalue weighted by Gasteiger charge is -2.06. The largest absolute Gasteiger partial charge is 0.505 e. The van der Waals surface area contributed by atoms with Crippen molar-refractivity contribution in [3.05, 3.63) is 23.5 Å². The summed E-state index contributed by atoms with van der Waals surface area (Å²) in [7, 11) is 0. The number of phenols is 1. The van der Waals surface area contributed by atoms with Gasteiger partial charge >= 0.3 is 5.97 Å². The minimum absolute atomic E-state index is 0.129. The molecule has 0 aliphatic heterocycles. The lowest BCUT2D eigenvalue weighted by atomic mass is 10.2. The third-order valence-corrected chi connectivity index (χ3v) is 1.57. The number of carbonyl (C=O) groups is 1. The van der Waals surface area contributed by atoms with Gasteiger partial charge in [-0.05, 0) is 13.0 Å². The van der Waals surface area contributed by atoms with E-state index in [2.05, 4.69) is 0 Å². The smallest absolute Gasteiger partial charge is 0.338 e. The minimum atomic E-state index is -1.45. The second kappa shape index (κ2) is 3.95. The molecule has 0 fully saturated rings. The first-order valence-electron chi connectivity index (χ1n) is 3.94. The summed E-state index contributed by atoms with van der Waals surface area (Å²) < 4.78 is 17.9. The number of aromatic carboxylic acids is 1. The topological polar surface area (TPSA) is 66.8 Å². The standard InChI is InChI=1S/C9H9FO4/c1-2-14-5-3-6(9(12)13)8(10)7(11)4-5/h3-4,11H,2H2,1H3,(H,12,13). The molecule has 0 unspecified atom stereocenters. The second-order valence-corrected chi connectivity index (χ2v) is 2.54. The first-order valence-corrected chi connectivity index (χ1v) is 3.94. The van der Waals surface area contributed by atoms with Crippen molar-refractivity contribution in [2.24, 2.45) is 0 Å². The van der Waals surface area contributed by atoms with Gasteiger partial charge in [-0.25, -0.2) is 9.18 Å². The maximum Gasteiger partial charge on any atom is 0.338 e. The summed E-state index contributed by atoms with van der Waals surface area (Å²) in [5.74, 6) is -3.20. The number of carboxylic acid groups (broad SMARTS) is 1. The highest BCUT2D eigenvalue weighted by Gasteiger charge is 2.16. The first-order chi connectivity index (χ1) is 6.56. The molecule has 1 aromatic carbocycles. The quantitative estimate of drug-likeness (QED) is 0.778. The summed E-state index contributed by atoms with van der Waals surface area (Å²) in [6, 6.07) is 2.06. The lowest BCUT2D eigenvalue weighted by molar-refractivity contribution is 0.0690. The van der Waals surface area contributed by atoms with Gasteiger partial charge in [-0.3, -0.25) is 0 Å². The number of phenolic OH excluding ortho intramolecular Hbond substituents is 1. The zero-order valence-corrected chi connectivity index (χ0v) is 7.45. The molecule has 0 radical (unpaired) electrons. The Morgan fingerprint density at radius 1 is 1.57 bits per heavy atom. The molecule has 2 N–H and O–H groups in total. The molecule has 1 aromatic rings. The van der Waals surface area contributed by atoms with Gasteiger partial charge in [0.15, 0.2) is 11.6 Å². The van der Waals surface area contributed by atoms with Crippen molar-refractivity contribution in [3.8, 4) is 11.5 Å². The van der Waals surface area contributed by atoms with Crippen molar-refractivity contribution in [2.45, 2.75) is 6.92 Å². The fourth-order valence-electron chi connectivity index (χ4n) is 0.989. The third-order valence-electron chi connectivity index (χ3n) is 1.57. The van der Waals surface area contributed by atoms with E-state index in [0.29, 0.717) is 6.61 Å². The maximum absolute atomic E-state index is 13.0. The van der Waals surface area contributed by atoms with Gasteiger partial charge in [0.25, 0.3) is 0 Å². The lowest BCUT2D eigenvalue weighted by Crippen LogP contribution is -2.02. The van der Waals surface area contributed by atoms with Crippen LogP contribution in [0.4, 0.5) is 4.39 Å². The van der Waals surface area contributed by atoms with Crippen molar-refractivity contribution in [1.82, 2.24) is 0 Å². The minimum Gasteiger partial charge on any atom is -0.505 e. The Morgan fingerprint density at radius 3 is 2.71 bits per heavy atom. The Morgan fingerprint density at radius 2 is 2.21 bits per heavy atom. The van der Waals surface area contributed by atoms with Crippen molar-refractivity contribution in [2.75, 3.05) is 6.61 Å². The number of ether oxygens (including phenoxy) is 1. The van der Waals surface area contributed by atoms with Gasteiger partial charge in [0.2, 0.25) is 0 Å². The monoisotopic (exact) mass is 200 g/mol. The van der Waals surface area contributed by atoms with Gasteiger partial charge in [-0.2, -0.15) is 0 Å². The van der Waals surface area contributed by atoms with E-state index in [4.69, 9.17) is 14.9 Å². The Labute approximate surface area is 79.6 Å². The SMILES string of the molecule is CCOc1cc(O)c(F)c(C(=O)O)c1. The molecule has 0 aromatic heterocycles. The molecule has 0 aliphatic rings. The zero-order chi connectivity index (χ0) is 10.7. The molecule has 76 valence electrons. The predicted molar refractivity (Wildman–Crippen MR) is 46.2 cm³/mol. The van der Waals surface area contributed by atoms with Gasteiger partial charge in [-0.1, -0.05) is 0 Å². The molecule has 14 heavy (non-hydrogen) atoms. The van der Waals surface area contributed by atoms with Crippen LogP contribution in [0.1, 0.15) is 17.3 Å². The van der Waals surface area contributed by atoms with Gasteiger partial charge in [0.1, 0.15) is 11.3 Å². The fourth-order valence-corrected chi connectivity index (χ4v) is 0.989. The van der Waals surface area contributed by atoms with Gasteiger partial charge in [-0.15, -0.1) is 0 Å². The van der Waals surface area contributed by atoms with Crippen LogP contribution in [0, 0.1) is 5.82 Å². The average Bonchev–Trinajstić information content (AvgIpc) is 2.11. The number of aromatic hydroxyl groups is 1. The third kappa shape index (κ3) is 1.93.